The molecule has 4 unspecified atom stereocenters. The first kappa shape index (κ1) is 40.8. The van der Waals surface area contributed by atoms with E-state index in [1.54, 1.807) is 10.5 Å². The van der Waals surface area contributed by atoms with Crippen molar-refractivity contribution in [3.63, 3.8) is 0 Å². The summed E-state index contributed by atoms with van der Waals surface area (Å²) >= 11 is 0. The summed E-state index contributed by atoms with van der Waals surface area (Å²) in [7, 11) is -1.83. The Labute approximate surface area is 309 Å². The van der Waals surface area contributed by atoms with Crippen LogP contribution >= 0.6 is 7.60 Å². The van der Waals surface area contributed by atoms with Gasteiger partial charge in [-0.15, -0.1) is 0 Å². The van der Waals surface area contributed by atoms with Gasteiger partial charge in [-0.2, -0.15) is 0 Å². The molecule has 5 rings (SSSR count). The van der Waals surface area contributed by atoms with E-state index in [-0.39, 0.29) is 36.2 Å². The molecule has 51 heavy (non-hydrogen) atoms. The third-order valence-electron chi connectivity index (χ3n) is 14.4. The van der Waals surface area contributed by atoms with Gasteiger partial charge >= 0.3 is 13.7 Å². The lowest BCUT2D eigenvalue weighted by Crippen LogP contribution is -2.51. The Morgan fingerprint density at radius 3 is 2.53 bits per heavy atom. The molecular weight excluding hydrogens is 663 g/mol. The zero-order valence-corrected chi connectivity index (χ0v) is 33.9. The number of nitrogens with zero attached hydrogens (tertiary/aromatic N) is 1. The molecule has 0 spiro atoms. The molecule has 3 saturated carbocycles. The van der Waals surface area contributed by atoms with Crippen molar-refractivity contribution in [2.45, 2.75) is 156 Å². The van der Waals surface area contributed by atoms with E-state index in [1.807, 2.05) is 0 Å². The van der Waals surface area contributed by atoms with Crippen LogP contribution in [0.3, 0.4) is 0 Å². The van der Waals surface area contributed by atoms with E-state index < -0.39 is 13.7 Å². The van der Waals surface area contributed by atoms with Gasteiger partial charge < -0.3 is 29.1 Å². The summed E-state index contributed by atoms with van der Waals surface area (Å²) in [6, 6.07) is -0.337. The fourth-order valence-corrected chi connectivity index (χ4v) is 12.4. The summed E-state index contributed by atoms with van der Waals surface area (Å²) in [5, 5.41) is 12.7. The van der Waals surface area contributed by atoms with Gasteiger partial charge in [0.25, 0.3) is 0 Å². The predicted molar refractivity (Wildman–Crippen MR) is 202 cm³/mol. The number of nitrogens with one attached hydrogen (secondary N) is 1. The Morgan fingerprint density at radius 1 is 1.02 bits per heavy atom. The van der Waals surface area contributed by atoms with E-state index in [0.29, 0.717) is 37.8 Å². The molecule has 9 nitrogen and oxygen atoms in total. The fraction of sp³-hybridized carbons (Fsp3) is 0.902. The molecular formula is C41H71N2O7P. The van der Waals surface area contributed by atoms with Gasteiger partial charge in [0, 0.05) is 39.7 Å². The van der Waals surface area contributed by atoms with E-state index in [4.69, 9.17) is 13.8 Å². The number of unbranched alkanes of at least 4 members (excludes halogenated alkanes) is 2. The topological polar surface area (TPSA) is 114 Å². The van der Waals surface area contributed by atoms with E-state index in [9.17, 15) is 19.3 Å². The van der Waals surface area contributed by atoms with Crippen molar-refractivity contribution in [3.05, 3.63) is 11.6 Å². The Hall–Kier alpha value is -1.41. The number of hydrogen-bond acceptors (Lipinski definition) is 7. The number of hydrogen-bond donors (Lipinski definition) is 2. The number of likely N-dealkylation sites (tertiary alicyclic amines) is 1. The van der Waals surface area contributed by atoms with Crippen molar-refractivity contribution in [3.8, 4) is 0 Å². The first-order chi connectivity index (χ1) is 24.2. The Balaban J connectivity index is 1.02. The highest BCUT2D eigenvalue weighted by molar-refractivity contribution is 7.52. The molecule has 0 aromatic carbocycles. The highest BCUT2D eigenvalue weighted by Gasteiger charge is 2.59. The normalized spacial score (nSPS) is 36.5. The molecule has 1 saturated heterocycles. The van der Waals surface area contributed by atoms with Gasteiger partial charge in [-0.05, 0) is 111 Å². The summed E-state index contributed by atoms with van der Waals surface area (Å²) in [4.78, 5) is 27.3. The average Bonchev–Trinajstić information content (AvgIpc) is 3.66. The molecule has 1 aliphatic heterocycles. The highest BCUT2D eigenvalue weighted by atomic mass is 31.2. The van der Waals surface area contributed by atoms with Crippen LogP contribution in [0.1, 0.15) is 137 Å². The zero-order chi connectivity index (χ0) is 37.0. The minimum atomic E-state index is -3.17. The van der Waals surface area contributed by atoms with Crippen LogP contribution in [-0.4, -0.2) is 73.7 Å². The number of carbonyl (C=O) groups excluding carboxylic acids is 2. The van der Waals surface area contributed by atoms with Crippen LogP contribution < -0.4 is 5.32 Å². The Kier molecular flexibility index (Phi) is 13.9. The van der Waals surface area contributed by atoms with Crippen molar-refractivity contribution < 1.29 is 33.0 Å². The van der Waals surface area contributed by atoms with Crippen molar-refractivity contribution in [1.82, 2.24) is 10.2 Å². The van der Waals surface area contributed by atoms with Gasteiger partial charge in [0.05, 0.1) is 18.8 Å². The van der Waals surface area contributed by atoms with Gasteiger partial charge in [-0.3, -0.25) is 9.36 Å². The summed E-state index contributed by atoms with van der Waals surface area (Å²) in [6.45, 7) is 14.5. The second kappa shape index (κ2) is 17.4. The number of aliphatic hydroxyl groups is 1. The van der Waals surface area contributed by atoms with Crippen LogP contribution in [-0.2, 0) is 23.1 Å². The number of allylic oxidation sites excluding steroid dienone is 1. The second-order valence-electron chi connectivity index (χ2n) is 18.1. The summed E-state index contributed by atoms with van der Waals surface area (Å²) in [5.74, 6) is 4.89. The van der Waals surface area contributed by atoms with Crippen molar-refractivity contribution in [2.24, 2.45) is 46.3 Å². The zero-order valence-electron chi connectivity index (χ0n) is 33.0. The second-order valence-corrected chi connectivity index (χ2v) is 20.2. The summed E-state index contributed by atoms with van der Waals surface area (Å²) in [5.41, 5.74) is 2.28. The molecule has 11 atom stereocenters. The van der Waals surface area contributed by atoms with Gasteiger partial charge in [0.15, 0.2) is 0 Å². The molecule has 0 aromatic heterocycles. The lowest BCUT2D eigenvalue weighted by atomic mass is 9.47. The summed E-state index contributed by atoms with van der Waals surface area (Å²) < 4.78 is 28.7. The molecule has 0 radical (unpaired) electrons. The number of rotatable bonds is 16. The van der Waals surface area contributed by atoms with Gasteiger partial charge in [0.2, 0.25) is 5.91 Å². The molecule has 2 amide bonds. The van der Waals surface area contributed by atoms with Gasteiger partial charge in [-0.25, -0.2) is 4.79 Å². The van der Waals surface area contributed by atoms with Crippen LogP contribution in [0, 0.1) is 46.3 Å². The molecule has 0 aromatic rings. The van der Waals surface area contributed by atoms with Crippen LogP contribution in [0.25, 0.3) is 0 Å². The third-order valence-corrected chi connectivity index (χ3v) is 15.8. The summed E-state index contributed by atoms with van der Waals surface area (Å²) in [6.07, 6.45) is 18.6. The van der Waals surface area contributed by atoms with Crippen LogP contribution in [0.4, 0.5) is 4.79 Å². The Bertz CT molecular complexity index is 1270. The van der Waals surface area contributed by atoms with Crippen molar-refractivity contribution >= 4 is 19.6 Å². The molecule has 2 N–H and O–H groups in total. The smallest absolute Gasteiger partial charge is 0.407 e. The largest absolute Gasteiger partial charge is 0.446 e. The fourth-order valence-electron chi connectivity index (χ4n) is 11.6. The minimum Gasteiger partial charge on any atom is -0.446 e. The molecule has 4 fully saturated rings. The first-order valence-corrected chi connectivity index (χ1v) is 22.6. The number of amides is 2. The molecule has 1 heterocycles. The number of alkyl carbamates (subject to hydrolysis) is 1. The highest BCUT2D eigenvalue weighted by Crippen LogP contribution is 2.67. The van der Waals surface area contributed by atoms with Gasteiger partial charge in [-0.1, -0.05) is 72.0 Å². The van der Waals surface area contributed by atoms with Crippen LogP contribution in [0.2, 0.25) is 0 Å². The number of fused-ring (bicyclic) bond motifs is 5. The lowest BCUT2D eigenvalue weighted by Gasteiger charge is -2.58. The Morgan fingerprint density at radius 2 is 1.80 bits per heavy atom. The quantitative estimate of drug-likeness (QED) is 0.0924. The van der Waals surface area contributed by atoms with Crippen molar-refractivity contribution in [2.75, 3.05) is 33.5 Å². The van der Waals surface area contributed by atoms with E-state index >= 15 is 0 Å². The van der Waals surface area contributed by atoms with E-state index in [1.165, 1.54) is 65.1 Å². The third kappa shape index (κ3) is 9.46. The molecule has 10 heteroatoms. The van der Waals surface area contributed by atoms with Crippen molar-refractivity contribution in [1.29, 1.82) is 0 Å². The standard InChI is InChI=1S/C41H71N2O7P/c1-28(2)12-11-13-29(3)35-17-18-36-34-16-15-30-24-32(19-21-40(30,4)37(34)20-22-41(35,36)5)49-39(46)42-23-10-8-9-14-38(45)43-26-33(25-31(43)27-44)50-51(7,47)48-6/h15,28-29,31-37,44H,8-14,16-27H2,1-7H3,(H,42,46)/t29-,31+,32+,33-,34?,35-,36?,37?,40+,41-,51?/m1/s1. The minimum absolute atomic E-state index is 0.0414. The van der Waals surface area contributed by atoms with Gasteiger partial charge in [0.1, 0.15) is 6.10 Å². The van der Waals surface area contributed by atoms with E-state index in [0.717, 1.165) is 67.6 Å². The lowest BCUT2D eigenvalue weighted by molar-refractivity contribution is -0.133. The maximum atomic E-state index is 12.9. The molecule has 5 aliphatic rings. The van der Waals surface area contributed by atoms with Crippen LogP contribution in [0.15, 0.2) is 11.6 Å². The monoisotopic (exact) mass is 734 g/mol. The van der Waals surface area contributed by atoms with Crippen LogP contribution in [0.5, 0.6) is 0 Å². The first-order valence-electron chi connectivity index (χ1n) is 20.6. The maximum absolute atomic E-state index is 12.9. The molecule has 292 valence electrons. The predicted octanol–water partition coefficient (Wildman–Crippen LogP) is 9.13. The SMILES string of the molecule is COP(C)(=O)O[C@@H]1C[C@@H](CO)N(C(=O)CCCCCNC(=O)O[C@H]2CC[C@@]3(C)C(=CCC4C3CC[C@@]3(C)C4CC[C@@H]3[C@H](C)CCCC(C)C)C2)C1. The number of aliphatic hydroxyl groups excluding tert-OH is 1. The average molecular weight is 735 g/mol. The van der Waals surface area contributed by atoms with E-state index in [2.05, 4.69) is 46.0 Å². The molecule has 0 bridgehead atoms. The number of carbonyl (C=O) groups is 2. The maximum Gasteiger partial charge on any atom is 0.407 e. The molecule has 4 aliphatic carbocycles. The number of ether oxygens (including phenoxy) is 1.